The molecule has 0 spiro atoms. The Morgan fingerprint density at radius 2 is 2.00 bits per heavy atom. The summed E-state index contributed by atoms with van der Waals surface area (Å²) in [7, 11) is 3.79. The molecule has 2 aromatic heterocycles. The lowest BCUT2D eigenvalue weighted by Gasteiger charge is -2.29. The number of aromatic nitrogens is 1. The van der Waals surface area contributed by atoms with Crippen molar-refractivity contribution in [2.75, 3.05) is 26.0 Å². The molecule has 0 aliphatic carbocycles. The second kappa shape index (κ2) is 7.49. The van der Waals surface area contributed by atoms with Crippen LogP contribution in [0.3, 0.4) is 0 Å². The fourth-order valence-electron chi connectivity index (χ4n) is 4.51. The first kappa shape index (κ1) is 19.2. The highest BCUT2D eigenvalue weighted by Crippen LogP contribution is 2.41. The van der Waals surface area contributed by atoms with Crippen LogP contribution in [0.4, 0.5) is 10.5 Å². The minimum absolute atomic E-state index is 0.0452. The van der Waals surface area contributed by atoms with Crippen LogP contribution in [0.15, 0.2) is 42.6 Å². The zero-order valence-corrected chi connectivity index (χ0v) is 18.3. The van der Waals surface area contributed by atoms with E-state index in [1.807, 2.05) is 40.5 Å². The smallest absolute Gasteiger partial charge is 0.322 e. The molecular formula is C23H26N4O2S. The molecule has 2 aliphatic rings. The van der Waals surface area contributed by atoms with Crippen molar-refractivity contribution in [3.63, 3.8) is 0 Å². The number of carbonyl (C=O) groups is 1. The van der Waals surface area contributed by atoms with Crippen molar-refractivity contribution in [3.8, 4) is 10.8 Å². The van der Waals surface area contributed by atoms with Crippen molar-refractivity contribution < 1.29 is 9.53 Å². The minimum atomic E-state index is -0.111. The summed E-state index contributed by atoms with van der Waals surface area (Å²) < 4.78 is 7.69. The third kappa shape index (κ3) is 3.09. The lowest BCUT2D eigenvalue weighted by atomic mass is 10.0. The van der Waals surface area contributed by atoms with Gasteiger partial charge in [0.05, 0.1) is 25.4 Å². The number of ether oxygens (including phenoxy) is 1. The van der Waals surface area contributed by atoms with E-state index in [0.29, 0.717) is 18.0 Å². The Hall–Kier alpha value is -2.77. The maximum absolute atomic E-state index is 13.4. The van der Waals surface area contributed by atoms with E-state index in [-0.39, 0.29) is 12.1 Å². The number of likely N-dealkylation sites (N-methyl/N-ethyl adjacent to an activating group) is 1. The summed E-state index contributed by atoms with van der Waals surface area (Å²) in [6.45, 7) is 4.74. The predicted molar refractivity (Wildman–Crippen MR) is 120 cm³/mol. The van der Waals surface area contributed by atoms with Gasteiger partial charge in [0, 0.05) is 35.4 Å². The molecule has 0 fully saturated rings. The van der Waals surface area contributed by atoms with Gasteiger partial charge in [-0.05, 0) is 50.2 Å². The average Bonchev–Trinajstić information content (AvgIpc) is 3.33. The number of urea groups is 1. The summed E-state index contributed by atoms with van der Waals surface area (Å²) in [6, 6.07) is 11.6. The summed E-state index contributed by atoms with van der Waals surface area (Å²) in [5, 5.41) is 4.33. The first-order chi connectivity index (χ1) is 14.6. The zero-order chi connectivity index (χ0) is 20.8. The van der Waals surface area contributed by atoms with Gasteiger partial charge in [-0.15, -0.1) is 11.3 Å². The number of nitrogens with zero attached hydrogens (tertiary/aromatic N) is 3. The number of carbonyl (C=O) groups excluding carboxylic acids is 1. The highest BCUT2D eigenvalue weighted by atomic mass is 32.1. The molecule has 156 valence electrons. The summed E-state index contributed by atoms with van der Waals surface area (Å²) in [5.74, 6) is 0.660. The third-order valence-corrected chi connectivity index (χ3v) is 7.43. The van der Waals surface area contributed by atoms with Gasteiger partial charge in [-0.1, -0.05) is 12.1 Å². The van der Waals surface area contributed by atoms with Crippen LogP contribution < -0.4 is 10.1 Å². The van der Waals surface area contributed by atoms with Gasteiger partial charge in [0.1, 0.15) is 10.8 Å². The van der Waals surface area contributed by atoms with E-state index in [1.54, 1.807) is 7.11 Å². The maximum Gasteiger partial charge on any atom is 0.322 e. The number of rotatable bonds is 2. The van der Waals surface area contributed by atoms with E-state index in [2.05, 4.69) is 47.1 Å². The molecule has 0 saturated carbocycles. The molecule has 3 aromatic rings. The zero-order valence-electron chi connectivity index (χ0n) is 17.5. The third-order valence-electron chi connectivity index (χ3n) is 6.17. The number of amides is 2. The van der Waals surface area contributed by atoms with E-state index in [0.717, 1.165) is 25.2 Å². The van der Waals surface area contributed by atoms with E-state index >= 15 is 0 Å². The molecular weight excluding hydrogens is 396 g/mol. The monoisotopic (exact) mass is 422 g/mol. The van der Waals surface area contributed by atoms with Gasteiger partial charge in [0.25, 0.3) is 0 Å². The van der Waals surface area contributed by atoms with Gasteiger partial charge >= 0.3 is 6.03 Å². The molecule has 7 heteroatoms. The summed E-state index contributed by atoms with van der Waals surface area (Å²) in [5.41, 5.74) is 4.54. The quantitative estimate of drug-likeness (QED) is 0.654. The molecule has 5 rings (SSSR count). The Balaban J connectivity index is 1.54. The molecule has 4 heterocycles. The van der Waals surface area contributed by atoms with Crippen molar-refractivity contribution in [3.05, 3.63) is 64.3 Å². The van der Waals surface area contributed by atoms with Crippen LogP contribution in [0.25, 0.3) is 5.00 Å². The van der Waals surface area contributed by atoms with E-state index in [1.165, 1.54) is 21.0 Å². The van der Waals surface area contributed by atoms with Crippen LogP contribution in [0.2, 0.25) is 0 Å². The molecule has 2 amide bonds. The van der Waals surface area contributed by atoms with E-state index in [4.69, 9.17) is 4.74 Å². The predicted octanol–water partition coefficient (Wildman–Crippen LogP) is 4.64. The topological polar surface area (TPSA) is 49.7 Å². The fourth-order valence-corrected chi connectivity index (χ4v) is 5.95. The normalized spacial score (nSPS) is 18.2. The van der Waals surface area contributed by atoms with E-state index < -0.39 is 0 Å². The van der Waals surface area contributed by atoms with Gasteiger partial charge in [0.15, 0.2) is 0 Å². The van der Waals surface area contributed by atoms with Gasteiger partial charge < -0.3 is 24.4 Å². The van der Waals surface area contributed by atoms with E-state index in [9.17, 15) is 4.79 Å². The number of nitrogens with one attached hydrogen (secondary N) is 1. The summed E-state index contributed by atoms with van der Waals surface area (Å²) in [4.78, 5) is 19.2. The van der Waals surface area contributed by atoms with Gasteiger partial charge in [-0.3, -0.25) is 0 Å². The van der Waals surface area contributed by atoms with Crippen LogP contribution in [0.5, 0.6) is 5.75 Å². The molecule has 0 saturated heterocycles. The van der Waals surface area contributed by atoms with Crippen molar-refractivity contribution in [2.24, 2.45) is 0 Å². The molecule has 0 bridgehead atoms. The Bertz CT molecular complexity index is 1100. The van der Waals surface area contributed by atoms with Crippen LogP contribution in [0, 0.1) is 0 Å². The summed E-state index contributed by atoms with van der Waals surface area (Å²) >= 11 is 1.87. The fraction of sp³-hybridized carbons (Fsp3) is 0.348. The number of thiophene rings is 1. The first-order valence-corrected chi connectivity index (χ1v) is 11.1. The molecule has 0 radical (unpaired) electrons. The second-order valence-corrected chi connectivity index (χ2v) is 9.10. The molecule has 2 aliphatic heterocycles. The van der Waals surface area contributed by atoms with Crippen LogP contribution in [0.1, 0.15) is 34.7 Å². The van der Waals surface area contributed by atoms with Crippen molar-refractivity contribution in [1.29, 1.82) is 0 Å². The number of para-hydroxylation sites is 2. The Morgan fingerprint density at radius 3 is 2.83 bits per heavy atom. The van der Waals surface area contributed by atoms with Crippen molar-refractivity contribution in [1.82, 2.24) is 14.4 Å². The number of hydrogen-bond acceptors (Lipinski definition) is 4. The highest BCUT2D eigenvalue weighted by molar-refractivity contribution is 7.15. The number of hydrogen-bond donors (Lipinski definition) is 1. The first-order valence-electron chi connectivity index (χ1n) is 10.3. The number of benzene rings is 1. The largest absolute Gasteiger partial charge is 0.495 e. The Morgan fingerprint density at radius 1 is 1.17 bits per heavy atom. The molecule has 1 N–H and O–H groups in total. The standard InChI is InChI=1S/C23H26N4O2S/c1-15-19-8-6-11-26(19)22-17(16-10-12-25(2)14-21(16)30-22)13-27(15)23(28)24-18-7-4-5-9-20(18)29-3/h4-9,11,15H,10,12-14H2,1-3H3,(H,24,28). The van der Waals surface area contributed by atoms with Crippen LogP contribution in [-0.2, 0) is 19.5 Å². The van der Waals surface area contributed by atoms with Gasteiger partial charge in [-0.2, -0.15) is 0 Å². The lowest BCUT2D eigenvalue weighted by Crippen LogP contribution is -2.36. The van der Waals surface area contributed by atoms with Crippen molar-refractivity contribution in [2.45, 2.75) is 32.5 Å². The summed E-state index contributed by atoms with van der Waals surface area (Å²) in [6.07, 6.45) is 3.16. The maximum atomic E-state index is 13.4. The highest BCUT2D eigenvalue weighted by Gasteiger charge is 2.33. The number of anilines is 1. The lowest BCUT2D eigenvalue weighted by molar-refractivity contribution is 0.189. The average molecular weight is 423 g/mol. The molecule has 1 aromatic carbocycles. The van der Waals surface area contributed by atoms with Gasteiger partial charge in [-0.25, -0.2) is 4.79 Å². The molecule has 30 heavy (non-hydrogen) atoms. The number of fused-ring (bicyclic) bond motifs is 5. The molecule has 6 nitrogen and oxygen atoms in total. The second-order valence-electron chi connectivity index (χ2n) is 8.01. The van der Waals surface area contributed by atoms with Crippen LogP contribution in [-0.4, -0.2) is 41.1 Å². The number of methoxy groups -OCH3 is 1. The minimum Gasteiger partial charge on any atom is -0.495 e. The van der Waals surface area contributed by atoms with Crippen molar-refractivity contribution >= 4 is 23.1 Å². The molecule has 1 atom stereocenters. The Labute approximate surface area is 180 Å². The molecule has 1 unspecified atom stereocenters. The SMILES string of the molecule is COc1ccccc1NC(=O)N1Cc2c(sc3c2CCN(C)C3)-n2cccc2C1C. The Kier molecular flexibility index (Phi) is 4.79. The van der Waals surface area contributed by atoms with Gasteiger partial charge in [0.2, 0.25) is 0 Å². The van der Waals surface area contributed by atoms with Crippen LogP contribution >= 0.6 is 11.3 Å².